The van der Waals surface area contributed by atoms with Crippen LogP contribution in [0.25, 0.3) is 0 Å². The van der Waals surface area contributed by atoms with E-state index in [1.54, 1.807) is 0 Å². The Bertz CT molecular complexity index is 193. The fraction of sp³-hybridized carbons (Fsp3) is 0.500. The molecule has 0 saturated carbocycles. The van der Waals surface area contributed by atoms with Gasteiger partial charge in [-0.05, 0) is 12.1 Å². The van der Waals surface area contributed by atoms with Gasteiger partial charge in [-0.1, -0.05) is 68.5 Å². The molecule has 0 radical (unpaired) electrons. The van der Waals surface area contributed by atoms with Crippen LogP contribution in [-0.2, 0) is 0 Å². The highest BCUT2D eigenvalue weighted by atomic mass is 33.1. The summed E-state index contributed by atoms with van der Waals surface area (Å²) >= 11 is 4.03. The van der Waals surface area contributed by atoms with Gasteiger partial charge in [0.1, 0.15) is 0 Å². The van der Waals surface area contributed by atoms with Crippen molar-refractivity contribution < 1.29 is 0 Å². The molecule has 0 spiro atoms. The molecule has 14 heavy (non-hydrogen) atoms. The van der Waals surface area contributed by atoms with Crippen LogP contribution in [-0.4, -0.2) is 0 Å². The van der Waals surface area contributed by atoms with E-state index >= 15 is 0 Å². The summed E-state index contributed by atoms with van der Waals surface area (Å²) in [7, 11) is 1.46. The van der Waals surface area contributed by atoms with Crippen LogP contribution in [0.15, 0.2) is 35.2 Å². The van der Waals surface area contributed by atoms with E-state index in [1.807, 2.05) is 30.3 Å². The van der Waals surface area contributed by atoms with Gasteiger partial charge in [-0.15, -0.1) is 11.7 Å². The van der Waals surface area contributed by atoms with E-state index in [1.165, 1.54) is 41.4 Å². The Balaban J connectivity index is 0.000000255. The zero-order valence-electron chi connectivity index (χ0n) is 9.07. The summed E-state index contributed by atoms with van der Waals surface area (Å²) in [6.07, 6.45) is 5.54. The number of rotatable bonds is 4. The molecule has 0 atom stereocenters. The summed E-state index contributed by atoms with van der Waals surface area (Å²) in [5.74, 6) is 0. The highest BCUT2D eigenvalue weighted by Gasteiger charge is 1.81. The lowest BCUT2D eigenvalue weighted by Gasteiger charge is -1.88. The zero-order valence-corrected chi connectivity index (χ0v) is 10.8. The van der Waals surface area contributed by atoms with E-state index in [-0.39, 0.29) is 0 Å². The van der Waals surface area contributed by atoms with E-state index < -0.39 is 0 Å². The summed E-state index contributed by atoms with van der Waals surface area (Å²) in [5.41, 5.74) is 0. The lowest BCUT2D eigenvalue weighted by atomic mass is 10.2. The molecule has 0 heterocycles. The third kappa shape index (κ3) is 8.52. The number of unbranched alkanes of at least 4 members (excludes halogenated alkanes) is 3. The molecule has 0 amide bonds. The van der Waals surface area contributed by atoms with Crippen LogP contribution in [0, 0.1) is 0 Å². The van der Waals surface area contributed by atoms with Gasteiger partial charge in [-0.2, -0.15) is 0 Å². The van der Waals surface area contributed by atoms with Crippen LogP contribution < -0.4 is 0 Å². The zero-order chi connectivity index (χ0) is 10.6. The largest absolute Gasteiger partial charge is 0.106 e. The van der Waals surface area contributed by atoms with Gasteiger partial charge in [-0.25, -0.2) is 0 Å². The highest BCUT2D eigenvalue weighted by molar-refractivity contribution is 8.68. The van der Waals surface area contributed by atoms with Crippen LogP contribution in [0.4, 0.5) is 0 Å². The van der Waals surface area contributed by atoms with Gasteiger partial charge < -0.3 is 0 Å². The predicted octanol–water partition coefficient (Wildman–Crippen LogP) is 5.21. The third-order valence-electron chi connectivity index (χ3n) is 1.81. The summed E-state index contributed by atoms with van der Waals surface area (Å²) in [5, 5.41) is 0. The molecular weight excluding hydrogens is 208 g/mol. The van der Waals surface area contributed by atoms with Gasteiger partial charge in [-0.3, -0.25) is 0 Å². The number of benzene rings is 1. The minimum absolute atomic E-state index is 1.19. The number of hydrogen-bond acceptors (Lipinski definition) is 2. The molecule has 0 saturated heterocycles. The Hall–Kier alpha value is -0.0800. The quantitative estimate of drug-likeness (QED) is 0.419. The fourth-order valence-corrected chi connectivity index (χ4v) is 1.63. The first kappa shape index (κ1) is 13.9. The Labute approximate surface area is 97.3 Å². The Kier molecular flexibility index (Phi) is 10.9. The van der Waals surface area contributed by atoms with Crippen molar-refractivity contribution in [1.29, 1.82) is 0 Å². The molecule has 0 unspecified atom stereocenters. The molecule has 0 aliphatic carbocycles. The predicted molar refractivity (Wildman–Crippen MR) is 71.1 cm³/mol. The minimum Gasteiger partial charge on any atom is -0.106 e. The van der Waals surface area contributed by atoms with Crippen molar-refractivity contribution >= 4 is 22.5 Å². The summed E-state index contributed by atoms with van der Waals surface area (Å²) in [6.45, 7) is 4.46. The second kappa shape index (κ2) is 11.0. The smallest absolute Gasteiger partial charge is 0.0180 e. The topological polar surface area (TPSA) is 0 Å². The van der Waals surface area contributed by atoms with Crippen LogP contribution in [0.1, 0.15) is 39.5 Å². The first-order chi connectivity index (χ1) is 6.85. The van der Waals surface area contributed by atoms with Crippen molar-refractivity contribution in [2.24, 2.45) is 0 Å². The highest BCUT2D eigenvalue weighted by Crippen LogP contribution is 2.19. The van der Waals surface area contributed by atoms with Crippen molar-refractivity contribution in [3.63, 3.8) is 0 Å². The van der Waals surface area contributed by atoms with E-state index in [0.29, 0.717) is 0 Å². The summed E-state index contributed by atoms with van der Waals surface area (Å²) in [6, 6.07) is 10.0. The van der Waals surface area contributed by atoms with Gasteiger partial charge in [0.15, 0.2) is 0 Å². The normalized spacial score (nSPS) is 9.07. The molecule has 0 fully saturated rings. The van der Waals surface area contributed by atoms with Crippen molar-refractivity contribution in [2.75, 3.05) is 0 Å². The first-order valence-corrected chi connectivity index (χ1v) is 7.08. The molecule has 2 heteroatoms. The summed E-state index contributed by atoms with van der Waals surface area (Å²) in [4.78, 5) is 1.19. The monoisotopic (exact) mass is 228 g/mol. The maximum Gasteiger partial charge on any atom is 0.0180 e. The summed E-state index contributed by atoms with van der Waals surface area (Å²) < 4.78 is 0. The van der Waals surface area contributed by atoms with Crippen LogP contribution in [0.5, 0.6) is 0 Å². The Morgan fingerprint density at radius 3 is 1.79 bits per heavy atom. The van der Waals surface area contributed by atoms with Gasteiger partial charge >= 0.3 is 0 Å². The Morgan fingerprint density at radius 2 is 1.50 bits per heavy atom. The maximum atomic E-state index is 4.03. The Morgan fingerprint density at radius 1 is 1.00 bits per heavy atom. The van der Waals surface area contributed by atoms with E-state index in [4.69, 9.17) is 0 Å². The van der Waals surface area contributed by atoms with Crippen molar-refractivity contribution in [1.82, 2.24) is 0 Å². The SMILES string of the molecule is CCCCCC.SSc1ccccc1. The van der Waals surface area contributed by atoms with Crippen molar-refractivity contribution in [3.05, 3.63) is 30.3 Å². The second-order valence-corrected chi connectivity index (χ2v) is 4.31. The standard InChI is InChI=1S/C6H6S2.C6H14/c7-8-6-4-2-1-3-5-6;1-3-5-6-4-2/h1-5,7H;3-6H2,1-2H3. The number of thiol groups is 1. The lowest BCUT2D eigenvalue weighted by Crippen LogP contribution is -1.66. The molecule has 0 aromatic heterocycles. The van der Waals surface area contributed by atoms with Crippen molar-refractivity contribution in [3.8, 4) is 0 Å². The molecule has 1 aromatic rings. The molecule has 0 bridgehead atoms. The van der Waals surface area contributed by atoms with E-state index in [9.17, 15) is 0 Å². The third-order valence-corrected chi connectivity index (χ3v) is 2.92. The average Bonchev–Trinajstić information content (AvgIpc) is 2.28. The van der Waals surface area contributed by atoms with E-state index in [2.05, 4.69) is 25.5 Å². The fourth-order valence-electron chi connectivity index (χ4n) is 0.981. The van der Waals surface area contributed by atoms with Crippen LogP contribution >= 0.6 is 22.5 Å². The van der Waals surface area contributed by atoms with Crippen LogP contribution in [0.2, 0.25) is 0 Å². The van der Waals surface area contributed by atoms with Gasteiger partial charge in [0, 0.05) is 4.90 Å². The second-order valence-electron chi connectivity index (χ2n) is 3.11. The van der Waals surface area contributed by atoms with Gasteiger partial charge in [0.25, 0.3) is 0 Å². The molecule has 0 N–H and O–H groups in total. The van der Waals surface area contributed by atoms with E-state index in [0.717, 1.165) is 0 Å². The maximum absolute atomic E-state index is 4.03. The minimum atomic E-state index is 1.19. The first-order valence-electron chi connectivity index (χ1n) is 5.21. The molecule has 1 aromatic carbocycles. The van der Waals surface area contributed by atoms with Crippen LogP contribution in [0.3, 0.4) is 0 Å². The molecule has 0 aliphatic heterocycles. The molecule has 80 valence electrons. The lowest BCUT2D eigenvalue weighted by molar-refractivity contribution is 0.702. The molecular formula is C12H20S2. The average molecular weight is 228 g/mol. The molecule has 0 aliphatic rings. The van der Waals surface area contributed by atoms with Crippen molar-refractivity contribution in [2.45, 2.75) is 44.4 Å². The molecule has 1 rings (SSSR count). The van der Waals surface area contributed by atoms with Gasteiger partial charge in [0.05, 0.1) is 0 Å². The van der Waals surface area contributed by atoms with Gasteiger partial charge in [0.2, 0.25) is 0 Å². The number of hydrogen-bond donors (Lipinski definition) is 1. The molecule has 0 nitrogen and oxygen atoms in total.